The Balaban J connectivity index is 1.17. The highest BCUT2D eigenvalue weighted by molar-refractivity contribution is 6.07. The van der Waals surface area contributed by atoms with Crippen LogP contribution in [0.1, 0.15) is 34.9 Å². The molecule has 0 aliphatic carbocycles. The lowest BCUT2D eigenvalue weighted by Gasteiger charge is -2.31. The Morgan fingerprint density at radius 1 is 1.16 bits per heavy atom. The standard InChI is InChI=1S/C31H31N9O3/c1-38-24-5-9-33-15-21(24)13-25(38)31(41)36-23-4-3-20(14-26(23)42-2)28-27-29(32)34-18-35-30(27)40(37-28)22-6-10-39(11-7-22)16-19-8-12-43-17-19/h3-5,8-9,12-15,17-18,22H,6-7,10-11,16H2,1-2H3,(H,36,41)(H2,32,34,35). The highest BCUT2D eigenvalue weighted by atomic mass is 16.5. The monoisotopic (exact) mass is 577 g/mol. The molecule has 1 saturated heterocycles. The van der Waals surface area contributed by atoms with Crippen LogP contribution in [0.3, 0.4) is 0 Å². The van der Waals surface area contributed by atoms with Crippen molar-refractivity contribution in [2.45, 2.75) is 25.4 Å². The molecule has 1 aliphatic heterocycles. The van der Waals surface area contributed by atoms with Gasteiger partial charge in [0.25, 0.3) is 5.91 Å². The van der Waals surface area contributed by atoms with Crippen LogP contribution in [0.25, 0.3) is 33.2 Å². The maximum atomic E-state index is 13.3. The van der Waals surface area contributed by atoms with Gasteiger partial charge in [-0.25, -0.2) is 14.6 Å². The molecule has 0 unspecified atom stereocenters. The molecule has 0 saturated carbocycles. The SMILES string of the molecule is COc1cc(-c2nn(C3CCN(Cc4ccoc4)CC3)c3ncnc(N)c23)ccc1NC(=O)c1cc2cnccc2n1C. The van der Waals surface area contributed by atoms with Crippen molar-refractivity contribution in [3.63, 3.8) is 0 Å². The normalized spacial score (nSPS) is 14.5. The fraction of sp³-hybridized carbons (Fsp3) is 0.258. The van der Waals surface area contributed by atoms with E-state index < -0.39 is 0 Å². The molecule has 12 nitrogen and oxygen atoms in total. The summed E-state index contributed by atoms with van der Waals surface area (Å²) in [6.45, 7) is 2.73. The van der Waals surface area contributed by atoms with E-state index >= 15 is 0 Å². The Kier molecular flexibility index (Phi) is 6.74. The number of nitrogens with two attached hydrogens (primary N) is 1. The summed E-state index contributed by atoms with van der Waals surface area (Å²) in [5, 5.41) is 9.63. The van der Waals surface area contributed by atoms with E-state index in [2.05, 4.69) is 25.2 Å². The van der Waals surface area contributed by atoms with Crippen LogP contribution in [0.4, 0.5) is 11.5 Å². The second kappa shape index (κ2) is 10.9. The minimum atomic E-state index is -0.253. The van der Waals surface area contributed by atoms with Gasteiger partial charge in [0.2, 0.25) is 0 Å². The van der Waals surface area contributed by atoms with E-state index in [1.807, 2.05) is 52.7 Å². The number of ether oxygens (including phenoxy) is 1. The predicted octanol–water partition coefficient (Wildman–Crippen LogP) is 4.65. The summed E-state index contributed by atoms with van der Waals surface area (Å²) in [5.41, 5.74) is 11.7. The molecule has 12 heteroatoms. The maximum Gasteiger partial charge on any atom is 0.272 e. The number of carbonyl (C=O) groups excluding carboxylic acids is 1. The van der Waals surface area contributed by atoms with Crippen molar-refractivity contribution in [1.82, 2.24) is 34.2 Å². The molecule has 3 N–H and O–H groups in total. The number of furan rings is 1. The number of methoxy groups -OCH3 is 1. The summed E-state index contributed by atoms with van der Waals surface area (Å²) >= 11 is 0. The molecule has 1 amide bonds. The van der Waals surface area contributed by atoms with Gasteiger partial charge >= 0.3 is 0 Å². The van der Waals surface area contributed by atoms with Gasteiger partial charge in [0.05, 0.1) is 42.3 Å². The summed E-state index contributed by atoms with van der Waals surface area (Å²) in [6, 6.07) is 11.4. The first-order chi connectivity index (χ1) is 21.0. The number of rotatable bonds is 7. The van der Waals surface area contributed by atoms with E-state index in [1.165, 1.54) is 11.9 Å². The van der Waals surface area contributed by atoms with E-state index in [4.69, 9.17) is 20.0 Å². The number of hydrogen-bond acceptors (Lipinski definition) is 9. The number of pyridine rings is 1. The number of aromatic nitrogens is 6. The van der Waals surface area contributed by atoms with Gasteiger partial charge in [-0.3, -0.25) is 14.7 Å². The van der Waals surface area contributed by atoms with Crippen LogP contribution in [-0.4, -0.2) is 60.3 Å². The van der Waals surface area contributed by atoms with Crippen LogP contribution in [0.2, 0.25) is 0 Å². The summed E-state index contributed by atoms with van der Waals surface area (Å²) in [7, 11) is 3.43. The number of nitrogens with zero attached hydrogens (tertiary/aromatic N) is 7. The number of nitrogen functional groups attached to an aromatic ring is 1. The van der Waals surface area contributed by atoms with Crippen molar-refractivity contribution in [2.24, 2.45) is 7.05 Å². The average molecular weight is 578 g/mol. The smallest absolute Gasteiger partial charge is 0.272 e. The van der Waals surface area contributed by atoms with Gasteiger partial charge in [-0.05, 0) is 43.2 Å². The molecule has 218 valence electrons. The first-order valence-corrected chi connectivity index (χ1v) is 14.1. The highest BCUT2D eigenvalue weighted by Gasteiger charge is 2.27. The lowest BCUT2D eigenvalue weighted by molar-refractivity contribution is 0.101. The van der Waals surface area contributed by atoms with Crippen LogP contribution in [-0.2, 0) is 13.6 Å². The lowest BCUT2D eigenvalue weighted by atomic mass is 10.0. The minimum Gasteiger partial charge on any atom is -0.495 e. The van der Waals surface area contributed by atoms with Gasteiger partial charge in [-0.1, -0.05) is 6.07 Å². The molecule has 5 aromatic heterocycles. The van der Waals surface area contributed by atoms with Crippen molar-refractivity contribution in [2.75, 3.05) is 31.2 Å². The van der Waals surface area contributed by atoms with Crippen molar-refractivity contribution < 1.29 is 13.9 Å². The molecule has 0 atom stereocenters. The van der Waals surface area contributed by atoms with Crippen molar-refractivity contribution >= 4 is 39.3 Å². The van der Waals surface area contributed by atoms with E-state index in [-0.39, 0.29) is 11.9 Å². The van der Waals surface area contributed by atoms with Crippen LogP contribution in [0, 0.1) is 0 Å². The maximum absolute atomic E-state index is 13.3. The number of benzene rings is 1. The number of anilines is 2. The number of amides is 1. The van der Waals surface area contributed by atoms with Gasteiger partial charge in [-0.15, -0.1) is 0 Å². The Labute approximate surface area is 247 Å². The third-order valence-electron chi connectivity index (χ3n) is 8.21. The van der Waals surface area contributed by atoms with E-state index in [1.54, 1.807) is 32.0 Å². The number of aryl methyl sites for hydroxylation is 1. The second-order valence-corrected chi connectivity index (χ2v) is 10.8. The van der Waals surface area contributed by atoms with Crippen molar-refractivity contribution in [3.05, 3.63) is 78.9 Å². The Morgan fingerprint density at radius 3 is 2.79 bits per heavy atom. The van der Waals surface area contributed by atoms with Crippen molar-refractivity contribution in [1.29, 1.82) is 0 Å². The van der Waals surface area contributed by atoms with E-state index in [9.17, 15) is 4.79 Å². The summed E-state index contributed by atoms with van der Waals surface area (Å²) in [4.78, 5) is 28.7. The van der Waals surface area contributed by atoms with E-state index in [0.717, 1.165) is 48.9 Å². The molecule has 0 bridgehead atoms. The molecule has 7 rings (SSSR count). The first kappa shape index (κ1) is 26.7. The van der Waals surface area contributed by atoms with Crippen LogP contribution in [0.15, 0.2) is 72.1 Å². The van der Waals surface area contributed by atoms with Crippen LogP contribution in [0.5, 0.6) is 5.75 Å². The zero-order valence-corrected chi connectivity index (χ0v) is 23.9. The Morgan fingerprint density at radius 2 is 2.02 bits per heavy atom. The van der Waals surface area contributed by atoms with Crippen LogP contribution < -0.4 is 15.8 Å². The number of piperidine rings is 1. The Hall–Kier alpha value is -5.23. The number of fused-ring (bicyclic) bond motifs is 2. The highest BCUT2D eigenvalue weighted by Crippen LogP contribution is 2.37. The number of likely N-dealkylation sites (tertiary alicyclic amines) is 1. The molecule has 43 heavy (non-hydrogen) atoms. The molecule has 0 spiro atoms. The van der Waals surface area contributed by atoms with E-state index in [0.29, 0.717) is 39.7 Å². The quantitative estimate of drug-likeness (QED) is 0.277. The topological polar surface area (TPSA) is 142 Å². The predicted molar refractivity (Wildman–Crippen MR) is 163 cm³/mol. The van der Waals surface area contributed by atoms with Gasteiger partial charge in [0.1, 0.15) is 29.3 Å². The number of nitrogens with one attached hydrogen (secondary N) is 1. The molecule has 1 aliphatic rings. The number of carbonyl (C=O) groups is 1. The molecular formula is C31H31N9O3. The fourth-order valence-corrected chi connectivity index (χ4v) is 5.95. The molecular weight excluding hydrogens is 546 g/mol. The van der Waals surface area contributed by atoms with Gasteiger partial charge in [0.15, 0.2) is 5.65 Å². The third kappa shape index (κ3) is 4.85. The first-order valence-electron chi connectivity index (χ1n) is 14.1. The average Bonchev–Trinajstić information content (AvgIpc) is 3.77. The lowest BCUT2D eigenvalue weighted by Crippen LogP contribution is -2.34. The van der Waals surface area contributed by atoms with Gasteiger partial charge in [-0.2, -0.15) is 5.10 Å². The summed E-state index contributed by atoms with van der Waals surface area (Å²) in [5.74, 6) is 0.610. The minimum absolute atomic E-state index is 0.169. The molecule has 0 radical (unpaired) electrons. The molecule has 1 aromatic carbocycles. The summed E-state index contributed by atoms with van der Waals surface area (Å²) in [6.07, 6.45) is 10.3. The fourth-order valence-electron chi connectivity index (χ4n) is 5.95. The largest absolute Gasteiger partial charge is 0.495 e. The molecule has 6 aromatic rings. The second-order valence-electron chi connectivity index (χ2n) is 10.8. The van der Waals surface area contributed by atoms with Crippen LogP contribution >= 0.6 is 0 Å². The third-order valence-corrected chi connectivity index (χ3v) is 8.21. The summed E-state index contributed by atoms with van der Waals surface area (Å²) < 4.78 is 14.8. The van der Waals surface area contributed by atoms with Gasteiger partial charge in [0, 0.05) is 55.6 Å². The molecule has 1 fully saturated rings. The van der Waals surface area contributed by atoms with Crippen molar-refractivity contribution in [3.8, 4) is 17.0 Å². The zero-order valence-electron chi connectivity index (χ0n) is 23.9. The van der Waals surface area contributed by atoms with Gasteiger partial charge < -0.3 is 24.8 Å². The Bertz CT molecular complexity index is 1940. The number of hydrogen-bond donors (Lipinski definition) is 2. The molecule has 6 heterocycles. The zero-order chi connectivity index (χ0) is 29.5.